The molecular weight excluding hydrogens is 252 g/mol. The molecule has 19 heavy (non-hydrogen) atoms. The van der Waals surface area contributed by atoms with E-state index in [-0.39, 0.29) is 6.42 Å². The second kappa shape index (κ2) is 4.94. The quantitative estimate of drug-likeness (QED) is 0.883. The second-order valence-electron chi connectivity index (χ2n) is 4.56. The van der Waals surface area contributed by atoms with E-state index in [2.05, 4.69) is 0 Å². The van der Waals surface area contributed by atoms with Gasteiger partial charge in [0.05, 0.1) is 18.7 Å². The van der Waals surface area contributed by atoms with Crippen LogP contribution in [0.4, 0.5) is 8.78 Å². The van der Waals surface area contributed by atoms with Gasteiger partial charge in [-0.25, -0.2) is 8.78 Å². The highest BCUT2D eigenvalue weighted by Gasteiger charge is 2.57. The number of hydrogen-bond acceptors (Lipinski definition) is 3. The fourth-order valence-electron chi connectivity index (χ4n) is 2.06. The first-order chi connectivity index (χ1) is 8.95. The van der Waals surface area contributed by atoms with E-state index >= 15 is 0 Å². The Morgan fingerprint density at radius 2 is 2.16 bits per heavy atom. The third-order valence-corrected chi connectivity index (χ3v) is 3.11. The topological polar surface area (TPSA) is 70.1 Å². The van der Waals surface area contributed by atoms with Crippen LogP contribution in [0.2, 0.25) is 0 Å². The Bertz CT molecular complexity index is 512. The summed E-state index contributed by atoms with van der Waals surface area (Å²) in [5.41, 5.74) is 6.57. The van der Waals surface area contributed by atoms with Crippen molar-refractivity contribution in [2.75, 3.05) is 6.54 Å². The maximum absolute atomic E-state index is 13.0. The Kier molecular flexibility index (Phi) is 3.49. The molecular formula is C13H13F2N3O. The molecule has 1 unspecified atom stereocenters. The molecule has 0 bridgehead atoms. The van der Waals surface area contributed by atoms with E-state index in [1.54, 1.807) is 12.1 Å². The maximum Gasteiger partial charge on any atom is 0.298 e. The van der Waals surface area contributed by atoms with Crippen molar-refractivity contribution in [2.45, 2.75) is 24.4 Å². The van der Waals surface area contributed by atoms with E-state index in [1.807, 2.05) is 18.2 Å². The van der Waals surface area contributed by atoms with Gasteiger partial charge in [0.2, 0.25) is 5.91 Å². The van der Waals surface area contributed by atoms with Crippen molar-refractivity contribution < 1.29 is 13.6 Å². The molecule has 1 fully saturated rings. The van der Waals surface area contributed by atoms with E-state index in [1.165, 1.54) is 6.07 Å². The largest absolute Gasteiger partial charge is 0.320 e. The zero-order valence-corrected chi connectivity index (χ0v) is 10.1. The van der Waals surface area contributed by atoms with Gasteiger partial charge in [0.15, 0.2) is 6.04 Å². The van der Waals surface area contributed by atoms with Gasteiger partial charge >= 0.3 is 0 Å². The predicted molar refractivity (Wildman–Crippen MR) is 64.2 cm³/mol. The fraction of sp³-hybridized carbons (Fsp3) is 0.385. The summed E-state index contributed by atoms with van der Waals surface area (Å²) in [5, 5.41) is 8.65. The summed E-state index contributed by atoms with van der Waals surface area (Å²) < 4.78 is 26.1. The van der Waals surface area contributed by atoms with Crippen molar-refractivity contribution in [3.63, 3.8) is 0 Å². The van der Waals surface area contributed by atoms with Gasteiger partial charge in [-0.3, -0.25) is 4.79 Å². The monoisotopic (exact) mass is 265 g/mol. The number of rotatable bonds is 3. The smallest absolute Gasteiger partial charge is 0.298 e. The Balaban J connectivity index is 2.00. The predicted octanol–water partition coefficient (Wildman–Crippen LogP) is 0.926. The second-order valence-corrected chi connectivity index (χ2v) is 4.56. The van der Waals surface area contributed by atoms with Crippen molar-refractivity contribution in [1.29, 1.82) is 5.26 Å². The van der Waals surface area contributed by atoms with Crippen molar-refractivity contribution in [3.8, 4) is 6.07 Å². The number of nitrogens with two attached hydrogens (primary N) is 1. The number of carbonyl (C=O) groups excluding carboxylic acids is 1. The molecule has 100 valence electrons. The van der Waals surface area contributed by atoms with Gasteiger partial charge in [-0.05, 0) is 12.0 Å². The van der Waals surface area contributed by atoms with E-state index in [0.29, 0.717) is 0 Å². The van der Waals surface area contributed by atoms with Gasteiger partial charge in [-0.15, -0.1) is 0 Å². The van der Waals surface area contributed by atoms with Crippen LogP contribution < -0.4 is 5.73 Å². The maximum atomic E-state index is 13.0. The minimum absolute atomic E-state index is 0.264. The van der Waals surface area contributed by atoms with E-state index in [4.69, 9.17) is 11.0 Å². The average molecular weight is 265 g/mol. The number of alkyl halides is 2. The molecule has 1 aliphatic rings. The molecule has 0 saturated carbocycles. The molecule has 0 aromatic heterocycles. The minimum Gasteiger partial charge on any atom is -0.320 e. The Labute approximate surface area is 109 Å². The molecule has 1 aromatic rings. The summed E-state index contributed by atoms with van der Waals surface area (Å²) in [7, 11) is 0. The van der Waals surface area contributed by atoms with E-state index in [9.17, 15) is 13.6 Å². The number of benzene rings is 1. The first kappa shape index (κ1) is 13.4. The highest BCUT2D eigenvalue weighted by atomic mass is 19.3. The molecule has 0 radical (unpaired) electrons. The molecule has 2 N–H and O–H groups in total. The van der Waals surface area contributed by atoms with Crippen LogP contribution in [-0.2, 0) is 11.2 Å². The van der Waals surface area contributed by atoms with Crippen LogP contribution in [0.15, 0.2) is 30.3 Å². The van der Waals surface area contributed by atoms with Crippen molar-refractivity contribution in [1.82, 2.24) is 4.90 Å². The van der Waals surface area contributed by atoms with Crippen LogP contribution in [0, 0.1) is 11.3 Å². The molecule has 0 aliphatic carbocycles. The summed E-state index contributed by atoms with van der Waals surface area (Å²) in [6, 6.07) is 7.90. The number of hydrogen-bond donors (Lipinski definition) is 1. The fourth-order valence-corrected chi connectivity index (χ4v) is 2.06. The normalized spacial score (nSPS) is 22.2. The van der Waals surface area contributed by atoms with Crippen LogP contribution in [-0.4, -0.2) is 35.4 Å². The van der Waals surface area contributed by atoms with Gasteiger partial charge in [0.1, 0.15) is 0 Å². The van der Waals surface area contributed by atoms with Gasteiger partial charge in [0.25, 0.3) is 5.92 Å². The van der Waals surface area contributed by atoms with Gasteiger partial charge in [-0.1, -0.05) is 30.3 Å². The number of halogens is 2. The molecule has 1 saturated heterocycles. The third kappa shape index (κ3) is 2.56. The SMILES string of the molecule is N#CC1N(C(=O)[C@@H](N)Cc2ccccc2)CC1(F)F. The summed E-state index contributed by atoms with van der Waals surface area (Å²) in [4.78, 5) is 12.7. The zero-order chi connectivity index (χ0) is 14.0. The number of amides is 1. The summed E-state index contributed by atoms with van der Waals surface area (Å²) in [6.45, 7) is -0.730. The van der Waals surface area contributed by atoms with Gasteiger partial charge in [0, 0.05) is 0 Å². The van der Waals surface area contributed by atoms with Gasteiger partial charge < -0.3 is 10.6 Å². The van der Waals surface area contributed by atoms with Crippen LogP contribution in [0.3, 0.4) is 0 Å². The lowest BCUT2D eigenvalue weighted by molar-refractivity contribution is -0.182. The van der Waals surface area contributed by atoms with Crippen LogP contribution in [0.1, 0.15) is 5.56 Å². The number of likely N-dealkylation sites (tertiary alicyclic amines) is 1. The highest BCUT2D eigenvalue weighted by molar-refractivity contribution is 5.83. The average Bonchev–Trinajstić information content (AvgIpc) is 2.37. The lowest BCUT2D eigenvalue weighted by Gasteiger charge is -2.44. The van der Waals surface area contributed by atoms with Crippen molar-refractivity contribution in [2.24, 2.45) is 5.73 Å². The first-order valence-electron chi connectivity index (χ1n) is 5.83. The number of nitrogens with zero attached hydrogens (tertiary/aromatic N) is 2. The zero-order valence-electron chi connectivity index (χ0n) is 10.1. The van der Waals surface area contributed by atoms with Crippen LogP contribution in [0.5, 0.6) is 0 Å². The molecule has 0 spiro atoms. The Morgan fingerprint density at radius 1 is 1.53 bits per heavy atom. The lowest BCUT2D eigenvalue weighted by Crippen LogP contribution is -2.68. The van der Waals surface area contributed by atoms with Crippen molar-refractivity contribution >= 4 is 5.91 Å². The molecule has 1 amide bonds. The third-order valence-electron chi connectivity index (χ3n) is 3.11. The lowest BCUT2D eigenvalue weighted by atomic mass is 9.96. The standard InChI is InChI=1S/C13H13F2N3O/c14-13(15)8-18(11(13)7-16)12(19)10(17)6-9-4-2-1-3-5-9/h1-5,10-11H,6,8,17H2/t10-,11?/m0/s1. The summed E-state index contributed by atoms with van der Waals surface area (Å²) >= 11 is 0. The van der Waals surface area contributed by atoms with Crippen molar-refractivity contribution in [3.05, 3.63) is 35.9 Å². The Morgan fingerprint density at radius 3 is 2.68 bits per heavy atom. The number of nitriles is 1. The molecule has 4 nitrogen and oxygen atoms in total. The highest BCUT2D eigenvalue weighted by Crippen LogP contribution is 2.34. The first-order valence-corrected chi connectivity index (χ1v) is 5.83. The molecule has 2 rings (SSSR count). The molecule has 2 atom stereocenters. The minimum atomic E-state index is -3.13. The van der Waals surface area contributed by atoms with Crippen LogP contribution in [0.25, 0.3) is 0 Å². The van der Waals surface area contributed by atoms with Crippen LogP contribution >= 0.6 is 0 Å². The summed E-state index contributed by atoms with van der Waals surface area (Å²) in [5.74, 6) is -3.74. The summed E-state index contributed by atoms with van der Waals surface area (Å²) in [6.07, 6.45) is 0.264. The molecule has 6 heteroatoms. The Hall–Kier alpha value is -2.00. The molecule has 1 heterocycles. The molecule has 1 aromatic carbocycles. The van der Waals surface area contributed by atoms with Gasteiger partial charge in [-0.2, -0.15) is 5.26 Å². The van der Waals surface area contributed by atoms with E-state index in [0.717, 1.165) is 10.5 Å². The molecule has 1 aliphatic heterocycles. The number of carbonyl (C=O) groups is 1. The van der Waals surface area contributed by atoms with E-state index < -0.39 is 30.5 Å².